The summed E-state index contributed by atoms with van der Waals surface area (Å²) in [6.07, 6.45) is 1.70. The van der Waals surface area contributed by atoms with Crippen LogP contribution in [-0.2, 0) is 0 Å². The van der Waals surface area contributed by atoms with Crippen LogP contribution >= 0.6 is 0 Å². The Morgan fingerprint density at radius 1 is 1.23 bits per heavy atom. The standard InChI is InChI=1S/C9H10N4/c1-3-4-9(2)12-7(5-10)8(6-11)13-9/h3-4H2,1-2H3. The summed E-state index contributed by atoms with van der Waals surface area (Å²) in [6, 6.07) is 3.75. The summed E-state index contributed by atoms with van der Waals surface area (Å²) < 4.78 is 0. The zero-order chi connectivity index (χ0) is 9.90. The highest BCUT2D eigenvalue weighted by Crippen LogP contribution is 2.24. The van der Waals surface area contributed by atoms with Gasteiger partial charge in [0, 0.05) is 0 Å². The van der Waals surface area contributed by atoms with Gasteiger partial charge < -0.3 is 0 Å². The van der Waals surface area contributed by atoms with Crippen LogP contribution in [0, 0.1) is 22.7 Å². The van der Waals surface area contributed by atoms with Crippen molar-refractivity contribution in [2.75, 3.05) is 0 Å². The molecular formula is C9H10N4. The van der Waals surface area contributed by atoms with E-state index < -0.39 is 5.66 Å². The molecule has 4 heteroatoms. The van der Waals surface area contributed by atoms with E-state index in [1.807, 2.05) is 26.0 Å². The maximum atomic E-state index is 8.66. The molecule has 1 heterocycles. The molecule has 0 amide bonds. The topological polar surface area (TPSA) is 72.3 Å². The lowest BCUT2D eigenvalue weighted by Crippen LogP contribution is -2.15. The average molecular weight is 174 g/mol. The molecule has 1 aliphatic heterocycles. The smallest absolute Gasteiger partial charge is 0.174 e. The van der Waals surface area contributed by atoms with E-state index in [1.54, 1.807) is 0 Å². The fourth-order valence-electron chi connectivity index (χ4n) is 1.35. The van der Waals surface area contributed by atoms with Crippen LogP contribution in [-0.4, -0.2) is 17.1 Å². The molecule has 66 valence electrons. The van der Waals surface area contributed by atoms with Gasteiger partial charge in [0.15, 0.2) is 17.1 Å². The van der Waals surface area contributed by atoms with Crippen molar-refractivity contribution in [2.45, 2.75) is 32.4 Å². The molecule has 0 aromatic heterocycles. The van der Waals surface area contributed by atoms with Crippen LogP contribution in [0.1, 0.15) is 26.7 Å². The Bertz CT molecular complexity index is 321. The average Bonchev–Trinajstić information content (AvgIpc) is 2.43. The molecule has 4 nitrogen and oxygen atoms in total. The van der Waals surface area contributed by atoms with Gasteiger partial charge in [0.1, 0.15) is 12.1 Å². The van der Waals surface area contributed by atoms with Crippen molar-refractivity contribution in [3.63, 3.8) is 0 Å². The van der Waals surface area contributed by atoms with Gasteiger partial charge in [-0.15, -0.1) is 0 Å². The molecule has 1 rings (SSSR count). The minimum absolute atomic E-state index is 0.165. The number of nitrogens with zero attached hydrogens (tertiary/aromatic N) is 4. The van der Waals surface area contributed by atoms with Crippen LogP contribution in [0.4, 0.5) is 0 Å². The third-order valence-electron chi connectivity index (χ3n) is 1.87. The largest absolute Gasteiger partial charge is 0.242 e. The first-order valence-corrected chi connectivity index (χ1v) is 4.15. The second-order valence-corrected chi connectivity index (χ2v) is 3.11. The first kappa shape index (κ1) is 9.41. The zero-order valence-electron chi connectivity index (χ0n) is 7.70. The van der Waals surface area contributed by atoms with E-state index in [4.69, 9.17) is 10.5 Å². The third kappa shape index (κ3) is 1.73. The Kier molecular flexibility index (Phi) is 2.44. The van der Waals surface area contributed by atoms with Gasteiger partial charge in [-0.05, 0) is 13.3 Å². The second kappa shape index (κ2) is 3.37. The van der Waals surface area contributed by atoms with Crippen molar-refractivity contribution < 1.29 is 0 Å². The second-order valence-electron chi connectivity index (χ2n) is 3.11. The van der Waals surface area contributed by atoms with E-state index in [9.17, 15) is 0 Å². The van der Waals surface area contributed by atoms with E-state index in [1.165, 1.54) is 0 Å². The molecule has 0 N–H and O–H groups in total. The van der Waals surface area contributed by atoms with Gasteiger partial charge in [-0.25, -0.2) is 9.98 Å². The van der Waals surface area contributed by atoms with E-state index in [-0.39, 0.29) is 11.4 Å². The number of hydrogen-bond acceptors (Lipinski definition) is 4. The van der Waals surface area contributed by atoms with Crippen molar-refractivity contribution in [3.05, 3.63) is 0 Å². The van der Waals surface area contributed by atoms with Gasteiger partial charge in [-0.1, -0.05) is 13.3 Å². The lowest BCUT2D eigenvalue weighted by atomic mass is 10.1. The zero-order valence-corrected chi connectivity index (χ0v) is 7.70. The first-order chi connectivity index (χ1) is 6.15. The summed E-state index contributed by atoms with van der Waals surface area (Å²) in [5.41, 5.74) is -0.248. The highest BCUT2D eigenvalue weighted by Gasteiger charge is 2.30. The fraction of sp³-hybridized carbons (Fsp3) is 0.556. The number of hydrogen-bond donors (Lipinski definition) is 0. The lowest BCUT2D eigenvalue weighted by Gasteiger charge is -2.14. The summed E-state index contributed by atoms with van der Waals surface area (Å²) in [5.74, 6) is 0. The number of aliphatic imine (C=N–C) groups is 2. The molecule has 0 radical (unpaired) electrons. The van der Waals surface area contributed by atoms with Gasteiger partial charge >= 0.3 is 0 Å². The van der Waals surface area contributed by atoms with Crippen molar-refractivity contribution >= 4 is 11.4 Å². The van der Waals surface area contributed by atoms with Gasteiger partial charge in [0.25, 0.3) is 0 Å². The Hall–Kier alpha value is -1.68. The molecule has 13 heavy (non-hydrogen) atoms. The van der Waals surface area contributed by atoms with Crippen LogP contribution < -0.4 is 0 Å². The highest BCUT2D eigenvalue weighted by molar-refractivity contribution is 6.54. The molecular weight excluding hydrogens is 164 g/mol. The molecule has 0 saturated heterocycles. The van der Waals surface area contributed by atoms with Gasteiger partial charge in [-0.2, -0.15) is 10.5 Å². The SMILES string of the molecule is CCCC1(C)N=C(C#N)C(C#N)=N1. The maximum Gasteiger partial charge on any atom is 0.174 e. The molecule has 0 aromatic carbocycles. The lowest BCUT2D eigenvalue weighted by molar-refractivity contribution is 0.461. The Morgan fingerprint density at radius 3 is 2.00 bits per heavy atom. The highest BCUT2D eigenvalue weighted by atomic mass is 15.1. The van der Waals surface area contributed by atoms with Crippen molar-refractivity contribution in [2.24, 2.45) is 9.98 Å². The summed E-state index contributed by atoms with van der Waals surface area (Å²) in [4.78, 5) is 8.22. The predicted octanol–water partition coefficient (Wildman–Crippen LogP) is 1.45. The molecule has 0 aliphatic carbocycles. The van der Waals surface area contributed by atoms with Gasteiger partial charge in [0.2, 0.25) is 0 Å². The minimum Gasteiger partial charge on any atom is -0.242 e. The molecule has 0 atom stereocenters. The first-order valence-electron chi connectivity index (χ1n) is 4.15. The molecule has 0 fully saturated rings. The molecule has 0 bridgehead atoms. The maximum absolute atomic E-state index is 8.66. The molecule has 0 unspecified atom stereocenters. The van der Waals surface area contributed by atoms with Crippen LogP contribution in [0.5, 0.6) is 0 Å². The van der Waals surface area contributed by atoms with Crippen LogP contribution in [0.2, 0.25) is 0 Å². The van der Waals surface area contributed by atoms with Gasteiger partial charge in [0.05, 0.1) is 0 Å². The van der Waals surface area contributed by atoms with Crippen LogP contribution in [0.3, 0.4) is 0 Å². The van der Waals surface area contributed by atoms with Crippen molar-refractivity contribution in [3.8, 4) is 12.1 Å². The normalized spacial score (nSPS) is 18.5. The van der Waals surface area contributed by atoms with Crippen LogP contribution in [0.15, 0.2) is 9.98 Å². The third-order valence-corrected chi connectivity index (χ3v) is 1.87. The Labute approximate surface area is 77.2 Å². The summed E-state index contributed by atoms with van der Waals surface area (Å²) in [7, 11) is 0. The summed E-state index contributed by atoms with van der Waals surface area (Å²) >= 11 is 0. The quantitative estimate of drug-likeness (QED) is 0.635. The van der Waals surface area contributed by atoms with E-state index >= 15 is 0 Å². The minimum atomic E-state index is -0.578. The fourth-order valence-corrected chi connectivity index (χ4v) is 1.35. The molecule has 0 spiro atoms. The van der Waals surface area contributed by atoms with Crippen LogP contribution in [0.25, 0.3) is 0 Å². The Balaban J connectivity index is 3.01. The van der Waals surface area contributed by atoms with Gasteiger partial charge in [-0.3, -0.25) is 0 Å². The summed E-state index contributed by atoms with van der Waals surface area (Å²) in [5, 5.41) is 17.3. The molecule has 0 aromatic rings. The number of rotatable bonds is 2. The molecule has 1 aliphatic rings. The van der Waals surface area contributed by atoms with Crippen molar-refractivity contribution in [1.82, 2.24) is 0 Å². The van der Waals surface area contributed by atoms with E-state index in [0.29, 0.717) is 0 Å². The van der Waals surface area contributed by atoms with Crippen molar-refractivity contribution in [1.29, 1.82) is 10.5 Å². The monoisotopic (exact) mass is 174 g/mol. The molecule has 0 saturated carbocycles. The summed E-state index contributed by atoms with van der Waals surface area (Å²) in [6.45, 7) is 3.85. The van der Waals surface area contributed by atoms with E-state index in [2.05, 4.69) is 9.98 Å². The number of nitriles is 2. The van der Waals surface area contributed by atoms with E-state index in [0.717, 1.165) is 12.8 Å². The Morgan fingerprint density at radius 2 is 1.69 bits per heavy atom. The predicted molar refractivity (Wildman–Crippen MR) is 49.4 cm³/mol.